The van der Waals surface area contributed by atoms with Gasteiger partial charge in [0.25, 0.3) is 0 Å². The summed E-state index contributed by atoms with van der Waals surface area (Å²) in [5.41, 5.74) is 0.722. The third-order valence-corrected chi connectivity index (χ3v) is 6.77. The molecule has 0 amide bonds. The monoisotopic (exact) mass is 505 g/mol. The number of aliphatic hydroxyl groups is 1. The molecule has 0 aliphatic rings. The molecule has 0 saturated heterocycles. The summed E-state index contributed by atoms with van der Waals surface area (Å²) in [5, 5.41) is 22.5. The maximum absolute atomic E-state index is 12.8. The molecule has 0 fully saturated rings. The number of aliphatic hydroxyl groups excluding tert-OH is 1. The van der Waals surface area contributed by atoms with Gasteiger partial charge >= 0.3 is 5.97 Å². The van der Waals surface area contributed by atoms with Crippen LogP contribution in [0.15, 0.2) is 82.6 Å². The molecule has 0 aromatic heterocycles. The predicted molar refractivity (Wildman–Crippen MR) is 126 cm³/mol. The van der Waals surface area contributed by atoms with E-state index in [-0.39, 0.29) is 15.5 Å². The number of ether oxygens (including phenoxy) is 2. The summed E-state index contributed by atoms with van der Waals surface area (Å²) >= 11 is 5.93. The molecule has 3 N–H and O–H groups in total. The molecule has 3 aromatic carbocycles. The Balaban J connectivity index is 1.48. The van der Waals surface area contributed by atoms with Crippen molar-refractivity contribution in [3.63, 3.8) is 0 Å². The lowest BCUT2D eigenvalue weighted by atomic mass is 10.1. The lowest BCUT2D eigenvalue weighted by Gasteiger charge is -2.13. The maximum atomic E-state index is 12.8. The first-order valence-corrected chi connectivity index (χ1v) is 12.2. The van der Waals surface area contributed by atoms with Gasteiger partial charge in [-0.05, 0) is 66.2 Å². The summed E-state index contributed by atoms with van der Waals surface area (Å²) in [6.07, 6.45) is -0.694. The van der Waals surface area contributed by atoms with Crippen molar-refractivity contribution in [1.29, 1.82) is 0 Å². The molecule has 0 aliphatic carbocycles. The molecule has 0 unspecified atom stereocenters. The first kappa shape index (κ1) is 25.5. The van der Waals surface area contributed by atoms with Crippen LogP contribution in [0.4, 0.5) is 0 Å². The Kier molecular flexibility index (Phi) is 8.89. The van der Waals surface area contributed by atoms with Crippen molar-refractivity contribution >= 4 is 27.4 Å². The number of hydrogen-bond donors (Lipinski definition) is 3. The second-order valence-electron chi connectivity index (χ2n) is 7.25. The minimum absolute atomic E-state index is 0.0614. The van der Waals surface area contributed by atoms with Gasteiger partial charge in [-0.2, -0.15) is 0 Å². The minimum atomic E-state index is -3.75. The van der Waals surface area contributed by atoms with E-state index in [1.807, 2.05) is 0 Å². The number of benzene rings is 3. The van der Waals surface area contributed by atoms with E-state index in [1.54, 1.807) is 36.4 Å². The number of hydrogen-bond acceptors (Lipinski definition) is 7. The van der Waals surface area contributed by atoms with Crippen LogP contribution in [-0.2, 0) is 14.6 Å². The van der Waals surface area contributed by atoms with E-state index in [1.165, 1.54) is 36.4 Å². The summed E-state index contributed by atoms with van der Waals surface area (Å²) in [7, 11) is -3.75. The molecule has 1 atom stereocenters. The maximum Gasteiger partial charge on any atom is 0.341 e. The Morgan fingerprint density at radius 3 is 2.09 bits per heavy atom. The van der Waals surface area contributed by atoms with Crippen LogP contribution in [-0.4, -0.2) is 50.9 Å². The van der Waals surface area contributed by atoms with Crippen molar-refractivity contribution in [3.05, 3.63) is 83.4 Å². The van der Waals surface area contributed by atoms with Gasteiger partial charge in [-0.1, -0.05) is 23.7 Å². The fourth-order valence-electron chi connectivity index (χ4n) is 3.02. The highest BCUT2D eigenvalue weighted by Gasteiger charge is 2.18. The van der Waals surface area contributed by atoms with Gasteiger partial charge in [-0.25, -0.2) is 13.2 Å². The number of carboxylic acid groups (broad SMARTS) is 1. The van der Waals surface area contributed by atoms with Crippen LogP contribution in [0.1, 0.15) is 11.7 Å². The molecule has 0 heterocycles. The molecular formula is C24H24ClNO7S. The molecular weight excluding hydrogens is 482 g/mol. The van der Waals surface area contributed by atoms with Gasteiger partial charge in [0.2, 0.25) is 9.84 Å². The lowest BCUT2D eigenvalue weighted by Crippen LogP contribution is -2.26. The zero-order valence-corrected chi connectivity index (χ0v) is 19.6. The smallest absolute Gasteiger partial charge is 0.341 e. The van der Waals surface area contributed by atoms with Gasteiger partial charge in [-0.3, -0.25) is 0 Å². The Hall–Kier alpha value is -3.11. The van der Waals surface area contributed by atoms with E-state index in [0.29, 0.717) is 30.5 Å². The van der Waals surface area contributed by atoms with Crippen LogP contribution in [0.25, 0.3) is 0 Å². The molecule has 34 heavy (non-hydrogen) atoms. The normalized spacial score (nSPS) is 12.2. The highest BCUT2D eigenvalue weighted by molar-refractivity contribution is 7.91. The number of carboxylic acids is 1. The first-order chi connectivity index (χ1) is 16.3. The van der Waals surface area contributed by atoms with Crippen LogP contribution in [0.3, 0.4) is 0 Å². The molecule has 0 saturated carbocycles. The van der Waals surface area contributed by atoms with Crippen molar-refractivity contribution in [2.24, 2.45) is 0 Å². The first-order valence-electron chi connectivity index (χ1n) is 10.3. The number of carbonyl (C=O) groups is 1. The molecule has 0 bridgehead atoms. The largest absolute Gasteiger partial charge is 0.492 e. The summed E-state index contributed by atoms with van der Waals surface area (Å²) < 4.78 is 36.3. The Labute approximate surface area is 202 Å². The number of nitrogens with one attached hydrogen (secondary N) is 1. The highest BCUT2D eigenvalue weighted by atomic mass is 35.5. The molecule has 0 aliphatic heterocycles. The average molecular weight is 506 g/mol. The zero-order chi connectivity index (χ0) is 24.6. The van der Waals surface area contributed by atoms with Crippen molar-refractivity contribution in [2.45, 2.75) is 15.9 Å². The fraction of sp³-hybridized carbons (Fsp3) is 0.208. The Bertz CT molecular complexity index is 1200. The lowest BCUT2D eigenvalue weighted by molar-refractivity contribution is -0.139. The third-order valence-electron chi connectivity index (χ3n) is 4.75. The Morgan fingerprint density at radius 2 is 1.53 bits per heavy atom. The van der Waals surface area contributed by atoms with Crippen molar-refractivity contribution in [1.82, 2.24) is 5.32 Å². The second kappa shape index (κ2) is 11.8. The van der Waals surface area contributed by atoms with Gasteiger partial charge in [0, 0.05) is 18.1 Å². The van der Waals surface area contributed by atoms with E-state index in [0.717, 1.165) is 5.56 Å². The molecule has 3 aromatic rings. The van der Waals surface area contributed by atoms with Crippen molar-refractivity contribution < 1.29 is 32.9 Å². The second-order valence-corrected chi connectivity index (χ2v) is 9.64. The minimum Gasteiger partial charge on any atom is -0.492 e. The average Bonchev–Trinajstić information content (AvgIpc) is 2.83. The molecule has 0 radical (unpaired) electrons. The van der Waals surface area contributed by atoms with Crippen LogP contribution < -0.4 is 14.8 Å². The van der Waals surface area contributed by atoms with Gasteiger partial charge in [0.15, 0.2) is 6.61 Å². The van der Waals surface area contributed by atoms with E-state index < -0.39 is 28.5 Å². The molecule has 8 nitrogen and oxygen atoms in total. The van der Waals surface area contributed by atoms with E-state index in [4.69, 9.17) is 26.2 Å². The molecule has 3 rings (SSSR count). The summed E-state index contributed by atoms with van der Waals surface area (Å²) in [6, 6.07) is 18.6. The molecule has 10 heteroatoms. The van der Waals surface area contributed by atoms with E-state index in [2.05, 4.69) is 5.32 Å². The van der Waals surface area contributed by atoms with E-state index in [9.17, 15) is 18.3 Å². The summed E-state index contributed by atoms with van der Waals surface area (Å²) in [5.74, 6) is -0.350. The van der Waals surface area contributed by atoms with Gasteiger partial charge in [0.1, 0.15) is 18.1 Å². The molecule has 0 spiro atoms. The summed E-state index contributed by atoms with van der Waals surface area (Å²) in [4.78, 5) is 10.7. The number of rotatable bonds is 12. The number of halogens is 1. The van der Waals surface area contributed by atoms with Crippen LogP contribution in [0.5, 0.6) is 11.5 Å². The highest BCUT2D eigenvalue weighted by Crippen LogP contribution is 2.25. The third kappa shape index (κ3) is 7.19. The van der Waals surface area contributed by atoms with Crippen LogP contribution in [0.2, 0.25) is 5.02 Å². The SMILES string of the molecule is O=C(O)COc1ccc(S(=O)(=O)c2ccc(OCCNC[C@H](O)c3cccc(Cl)c3)cc2)cc1. The fourth-order valence-corrected chi connectivity index (χ4v) is 4.48. The van der Waals surface area contributed by atoms with Crippen LogP contribution in [0, 0.1) is 0 Å². The van der Waals surface area contributed by atoms with Gasteiger partial charge in [0.05, 0.1) is 15.9 Å². The quantitative estimate of drug-likeness (QED) is 0.320. The zero-order valence-electron chi connectivity index (χ0n) is 18.1. The summed E-state index contributed by atoms with van der Waals surface area (Å²) in [6.45, 7) is 0.632. The van der Waals surface area contributed by atoms with Crippen LogP contribution >= 0.6 is 11.6 Å². The van der Waals surface area contributed by atoms with Gasteiger partial charge < -0.3 is 25.0 Å². The standard InChI is InChI=1S/C24H24ClNO7S/c25-18-3-1-2-17(14-18)23(27)15-26-12-13-32-19-4-8-21(9-5-19)34(30,31)22-10-6-20(7-11-22)33-16-24(28)29/h1-11,14,23,26-27H,12-13,15-16H2,(H,28,29)/t23-/m0/s1. The molecule has 180 valence electrons. The van der Waals surface area contributed by atoms with E-state index >= 15 is 0 Å². The number of aliphatic carboxylic acids is 1. The predicted octanol–water partition coefficient (Wildman–Crippen LogP) is 3.34. The van der Waals surface area contributed by atoms with Crippen molar-refractivity contribution in [3.8, 4) is 11.5 Å². The Morgan fingerprint density at radius 1 is 0.941 bits per heavy atom. The number of sulfone groups is 1. The topological polar surface area (TPSA) is 122 Å². The van der Waals surface area contributed by atoms with Crippen molar-refractivity contribution in [2.75, 3.05) is 26.3 Å². The van der Waals surface area contributed by atoms with Gasteiger partial charge in [-0.15, -0.1) is 0 Å².